The second kappa shape index (κ2) is 5.41. The molecule has 0 saturated heterocycles. The smallest absolute Gasteiger partial charge is 0.259 e. The van der Waals surface area contributed by atoms with Gasteiger partial charge in [-0.25, -0.2) is 9.37 Å². The van der Waals surface area contributed by atoms with Gasteiger partial charge in [-0.2, -0.15) is 0 Å². The van der Waals surface area contributed by atoms with Gasteiger partial charge in [-0.05, 0) is 28.1 Å². The SMILES string of the molecule is O=C(Nc1cncc(Cl)n1)c1cccc(Br)c1F. The first-order valence-electron chi connectivity index (χ1n) is 4.81. The lowest BCUT2D eigenvalue weighted by Crippen LogP contribution is -2.15. The largest absolute Gasteiger partial charge is 0.305 e. The second-order valence-corrected chi connectivity index (χ2v) is 4.52. The Morgan fingerprint density at radius 2 is 2.17 bits per heavy atom. The van der Waals surface area contributed by atoms with E-state index in [-0.39, 0.29) is 21.0 Å². The van der Waals surface area contributed by atoms with E-state index in [0.29, 0.717) is 0 Å². The molecule has 1 heterocycles. The summed E-state index contributed by atoms with van der Waals surface area (Å²) >= 11 is 8.63. The molecule has 2 rings (SSSR count). The molecular formula is C11H6BrClFN3O. The van der Waals surface area contributed by atoms with Crippen molar-refractivity contribution in [3.05, 3.63) is 51.6 Å². The van der Waals surface area contributed by atoms with Crippen LogP contribution in [0.3, 0.4) is 0 Å². The molecule has 0 radical (unpaired) electrons. The summed E-state index contributed by atoms with van der Waals surface area (Å²) in [6.07, 6.45) is 2.65. The number of nitrogens with one attached hydrogen (secondary N) is 1. The fourth-order valence-electron chi connectivity index (χ4n) is 1.27. The minimum Gasteiger partial charge on any atom is -0.305 e. The molecule has 1 amide bonds. The van der Waals surface area contributed by atoms with Crippen LogP contribution in [0.5, 0.6) is 0 Å². The van der Waals surface area contributed by atoms with Gasteiger partial charge in [0.1, 0.15) is 11.0 Å². The normalized spacial score (nSPS) is 10.2. The van der Waals surface area contributed by atoms with Crippen molar-refractivity contribution < 1.29 is 9.18 Å². The Morgan fingerprint density at radius 1 is 1.39 bits per heavy atom. The van der Waals surface area contributed by atoms with Crippen molar-refractivity contribution in [3.63, 3.8) is 0 Å². The molecule has 0 bridgehead atoms. The van der Waals surface area contributed by atoms with Crippen LogP contribution in [0.4, 0.5) is 10.2 Å². The van der Waals surface area contributed by atoms with Gasteiger partial charge in [0.25, 0.3) is 5.91 Å². The van der Waals surface area contributed by atoms with Crippen molar-refractivity contribution in [3.8, 4) is 0 Å². The van der Waals surface area contributed by atoms with Crippen LogP contribution in [0.2, 0.25) is 5.15 Å². The zero-order valence-electron chi connectivity index (χ0n) is 8.82. The third kappa shape index (κ3) is 2.83. The van der Waals surface area contributed by atoms with Crippen molar-refractivity contribution in [2.75, 3.05) is 5.32 Å². The molecule has 0 aliphatic rings. The van der Waals surface area contributed by atoms with Gasteiger partial charge in [-0.3, -0.25) is 9.78 Å². The first-order chi connectivity index (χ1) is 8.58. The van der Waals surface area contributed by atoms with Crippen LogP contribution in [-0.4, -0.2) is 15.9 Å². The minimum atomic E-state index is -0.634. The average Bonchev–Trinajstić information content (AvgIpc) is 2.32. The summed E-state index contributed by atoms with van der Waals surface area (Å²) in [5.74, 6) is -1.10. The van der Waals surface area contributed by atoms with Gasteiger partial charge in [0, 0.05) is 0 Å². The number of benzene rings is 1. The van der Waals surface area contributed by atoms with E-state index in [1.807, 2.05) is 0 Å². The summed E-state index contributed by atoms with van der Waals surface area (Å²) < 4.78 is 13.9. The lowest BCUT2D eigenvalue weighted by molar-refractivity contribution is 0.102. The molecule has 1 aromatic heterocycles. The van der Waals surface area contributed by atoms with E-state index in [1.54, 1.807) is 6.07 Å². The number of halogens is 3. The van der Waals surface area contributed by atoms with Gasteiger partial charge >= 0.3 is 0 Å². The van der Waals surface area contributed by atoms with Crippen molar-refractivity contribution in [1.29, 1.82) is 0 Å². The molecule has 1 N–H and O–H groups in total. The predicted molar refractivity (Wildman–Crippen MR) is 69.1 cm³/mol. The van der Waals surface area contributed by atoms with Crippen molar-refractivity contribution in [2.45, 2.75) is 0 Å². The average molecular weight is 331 g/mol. The highest BCUT2D eigenvalue weighted by Gasteiger charge is 2.14. The number of aromatic nitrogens is 2. The highest BCUT2D eigenvalue weighted by Crippen LogP contribution is 2.19. The van der Waals surface area contributed by atoms with Crippen LogP contribution in [0.25, 0.3) is 0 Å². The third-order valence-corrected chi connectivity index (χ3v) is 2.84. The molecule has 4 nitrogen and oxygen atoms in total. The molecule has 0 spiro atoms. The Balaban J connectivity index is 2.25. The highest BCUT2D eigenvalue weighted by molar-refractivity contribution is 9.10. The summed E-state index contributed by atoms with van der Waals surface area (Å²) in [7, 11) is 0. The van der Waals surface area contributed by atoms with E-state index in [0.717, 1.165) is 0 Å². The number of carbonyl (C=O) groups excluding carboxylic acids is 1. The summed E-state index contributed by atoms with van der Waals surface area (Å²) in [6.45, 7) is 0. The van der Waals surface area contributed by atoms with Gasteiger partial charge in [-0.15, -0.1) is 0 Å². The molecular weight excluding hydrogens is 324 g/mol. The van der Waals surface area contributed by atoms with Crippen molar-refractivity contribution in [2.24, 2.45) is 0 Å². The van der Waals surface area contributed by atoms with E-state index < -0.39 is 11.7 Å². The minimum absolute atomic E-state index is 0.0915. The molecule has 0 aliphatic carbocycles. The second-order valence-electron chi connectivity index (χ2n) is 3.28. The van der Waals surface area contributed by atoms with E-state index in [1.165, 1.54) is 24.5 Å². The van der Waals surface area contributed by atoms with Crippen LogP contribution in [0, 0.1) is 5.82 Å². The topological polar surface area (TPSA) is 54.9 Å². The Bertz CT molecular complexity index is 609. The van der Waals surface area contributed by atoms with Crippen LogP contribution >= 0.6 is 27.5 Å². The number of anilines is 1. The number of nitrogens with zero attached hydrogens (tertiary/aromatic N) is 2. The van der Waals surface area contributed by atoms with E-state index in [4.69, 9.17) is 11.6 Å². The van der Waals surface area contributed by atoms with Gasteiger partial charge in [0.2, 0.25) is 0 Å². The molecule has 0 fully saturated rings. The van der Waals surface area contributed by atoms with Gasteiger partial charge in [0.05, 0.1) is 22.4 Å². The molecule has 7 heteroatoms. The van der Waals surface area contributed by atoms with Crippen LogP contribution in [0.1, 0.15) is 10.4 Å². The lowest BCUT2D eigenvalue weighted by atomic mass is 10.2. The van der Waals surface area contributed by atoms with Gasteiger partial charge < -0.3 is 5.32 Å². The number of amides is 1. The Hall–Kier alpha value is -1.53. The fraction of sp³-hybridized carbons (Fsp3) is 0. The van der Waals surface area contributed by atoms with Crippen LogP contribution in [-0.2, 0) is 0 Å². The van der Waals surface area contributed by atoms with Crippen molar-refractivity contribution in [1.82, 2.24) is 9.97 Å². The third-order valence-electron chi connectivity index (χ3n) is 2.04. The Labute approximate surface area is 115 Å². The number of rotatable bonds is 2. The standard InChI is InChI=1S/C11H6BrClFN3O/c12-7-3-1-2-6(10(7)14)11(18)17-9-5-15-4-8(13)16-9/h1-5H,(H,16,17,18). The van der Waals surface area contributed by atoms with Gasteiger partial charge in [-0.1, -0.05) is 17.7 Å². The maximum atomic E-state index is 13.7. The molecule has 0 aliphatic heterocycles. The number of hydrogen-bond donors (Lipinski definition) is 1. The summed E-state index contributed by atoms with van der Waals surface area (Å²) in [6, 6.07) is 4.43. The van der Waals surface area contributed by atoms with Crippen molar-refractivity contribution >= 4 is 39.3 Å². The first kappa shape index (κ1) is 12.9. The molecule has 0 atom stereocenters. The Kier molecular flexibility index (Phi) is 3.88. The molecule has 1 aromatic carbocycles. The number of carbonyl (C=O) groups is 1. The molecule has 2 aromatic rings. The fourth-order valence-corrected chi connectivity index (χ4v) is 1.78. The molecule has 18 heavy (non-hydrogen) atoms. The summed E-state index contributed by atoms with van der Waals surface area (Å²) in [4.78, 5) is 19.4. The molecule has 0 unspecified atom stereocenters. The maximum absolute atomic E-state index is 13.7. The predicted octanol–water partition coefficient (Wildman–Crippen LogP) is 3.28. The molecule has 0 saturated carbocycles. The van der Waals surface area contributed by atoms with E-state index >= 15 is 0 Å². The Morgan fingerprint density at radius 3 is 2.89 bits per heavy atom. The quantitative estimate of drug-likeness (QED) is 0.919. The summed E-state index contributed by atoms with van der Waals surface area (Å²) in [5, 5.41) is 2.55. The zero-order chi connectivity index (χ0) is 13.1. The van der Waals surface area contributed by atoms with Crippen LogP contribution < -0.4 is 5.32 Å². The summed E-state index contributed by atoms with van der Waals surface area (Å²) in [5.41, 5.74) is -0.0915. The number of hydrogen-bond acceptors (Lipinski definition) is 3. The highest BCUT2D eigenvalue weighted by atomic mass is 79.9. The van der Waals surface area contributed by atoms with Crippen LogP contribution in [0.15, 0.2) is 35.1 Å². The van der Waals surface area contributed by atoms with Gasteiger partial charge in [0.15, 0.2) is 5.82 Å². The first-order valence-corrected chi connectivity index (χ1v) is 5.98. The van der Waals surface area contributed by atoms with E-state index in [2.05, 4.69) is 31.2 Å². The monoisotopic (exact) mass is 329 g/mol. The maximum Gasteiger partial charge on any atom is 0.259 e. The zero-order valence-corrected chi connectivity index (χ0v) is 11.2. The molecule has 92 valence electrons. The lowest BCUT2D eigenvalue weighted by Gasteiger charge is -2.05. The van der Waals surface area contributed by atoms with E-state index in [9.17, 15) is 9.18 Å².